The van der Waals surface area contributed by atoms with Gasteiger partial charge in [-0.2, -0.15) is 0 Å². The molecule has 0 bridgehead atoms. The number of rotatable bonds is 7. The van der Waals surface area contributed by atoms with Crippen LogP contribution in [-0.4, -0.2) is 42.2 Å². The fourth-order valence-corrected chi connectivity index (χ4v) is 4.22. The molecule has 1 heterocycles. The third kappa shape index (κ3) is 4.04. The van der Waals surface area contributed by atoms with E-state index < -0.39 is 6.04 Å². The van der Waals surface area contributed by atoms with Gasteiger partial charge in [-0.1, -0.05) is 32.0 Å². The normalized spacial score (nSPS) is 18.8. The zero-order chi connectivity index (χ0) is 17.7. The minimum atomic E-state index is -0.456. The molecule has 1 saturated heterocycles. The van der Waals surface area contributed by atoms with Crippen molar-refractivity contribution in [2.24, 2.45) is 5.92 Å². The Kier molecular flexibility index (Phi) is 6.54. The summed E-state index contributed by atoms with van der Waals surface area (Å²) in [4.78, 5) is 26.9. The first-order valence-corrected chi connectivity index (χ1v) is 9.37. The maximum absolute atomic E-state index is 12.6. The Bertz CT molecular complexity index is 591. The molecule has 1 N–H and O–H groups in total. The minimum absolute atomic E-state index is 0.00723. The van der Waals surface area contributed by atoms with E-state index in [0.717, 1.165) is 11.3 Å². The number of carbonyl (C=O) groups is 2. The van der Waals surface area contributed by atoms with Crippen LogP contribution in [0.25, 0.3) is 0 Å². The lowest BCUT2D eigenvalue weighted by molar-refractivity contribution is -0.139. The van der Waals surface area contributed by atoms with Crippen molar-refractivity contribution in [1.82, 2.24) is 10.2 Å². The zero-order valence-corrected chi connectivity index (χ0v) is 15.6. The molecule has 6 heteroatoms. The smallest absolute Gasteiger partial charge is 0.242 e. The summed E-state index contributed by atoms with van der Waals surface area (Å²) >= 11 is 1.55. The van der Waals surface area contributed by atoms with E-state index in [1.165, 1.54) is 0 Å². The van der Waals surface area contributed by atoms with Crippen LogP contribution in [0.5, 0.6) is 5.75 Å². The number of ether oxygens (including phenoxy) is 1. The van der Waals surface area contributed by atoms with Gasteiger partial charge in [0.2, 0.25) is 11.8 Å². The molecule has 1 aliphatic rings. The molecule has 0 aliphatic carbocycles. The largest absolute Gasteiger partial charge is 0.496 e. The molecular formula is C18H26N2O3S. The Morgan fingerprint density at radius 2 is 2.12 bits per heavy atom. The summed E-state index contributed by atoms with van der Waals surface area (Å²) < 4.78 is 5.46. The van der Waals surface area contributed by atoms with Crippen molar-refractivity contribution in [3.05, 3.63) is 29.8 Å². The van der Waals surface area contributed by atoms with E-state index in [1.54, 1.807) is 23.8 Å². The summed E-state index contributed by atoms with van der Waals surface area (Å²) in [5.41, 5.74) is 0.939. The van der Waals surface area contributed by atoms with Crippen LogP contribution in [0.1, 0.15) is 38.1 Å². The molecule has 2 rings (SSSR count). The van der Waals surface area contributed by atoms with Gasteiger partial charge >= 0.3 is 0 Å². The van der Waals surface area contributed by atoms with E-state index in [9.17, 15) is 9.59 Å². The second kappa shape index (κ2) is 8.42. The minimum Gasteiger partial charge on any atom is -0.496 e. The molecule has 1 aliphatic heterocycles. The first-order chi connectivity index (χ1) is 11.5. The highest BCUT2D eigenvalue weighted by Gasteiger charge is 2.41. The van der Waals surface area contributed by atoms with Crippen molar-refractivity contribution in [3.63, 3.8) is 0 Å². The molecule has 2 atom stereocenters. The predicted octanol–water partition coefficient (Wildman–Crippen LogP) is 2.82. The van der Waals surface area contributed by atoms with Crippen LogP contribution in [0.4, 0.5) is 0 Å². The molecular weight excluding hydrogens is 324 g/mol. The van der Waals surface area contributed by atoms with Crippen molar-refractivity contribution in [1.29, 1.82) is 0 Å². The van der Waals surface area contributed by atoms with Gasteiger partial charge in [0.25, 0.3) is 0 Å². The lowest BCUT2D eigenvalue weighted by Gasteiger charge is -2.33. The standard InChI is InChI=1S/C18H26N2O3S/c1-5-19-17(22)14(10-12(2)3)20-16(21)11-24-18(20)13-8-6-7-9-15(13)23-4/h6-9,12,14,18H,5,10-11H2,1-4H3,(H,19,22). The van der Waals surface area contributed by atoms with Crippen molar-refractivity contribution in [2.75, 3.05) is 19.4 Å². The van der Waals surface area contributed by atoms with Crippen molar-refractivity contribution in [2.45, 2.75) is 38.6 Å². The van der Waals surface area contributed by atoms with E-state index in [-0.39, 0.29) is 17.2 Å². The van der Waals surface area contributed by atoms with E-state index in [2.05, 4.69) is 19.2 Å². The van der Waals surface area contributed by atoms with Gasteiger partial charge in [-0.15, -0.1) is 11.8 Å². The number of benzene rings is 1. The van der Waals surface area contributed by atoms with Gasteiger partial charge in [0.1, 0.15) is 17.2 Å². The van der Waals surface area contributed by atoms with Gasteiger partial charge in [-0.25, -0.2) is 0 Å². The maximum Gasteiger partial charge on any atom is 0.242 e. The van der Waals surface area contributed by atoms with Crippen molar-refractivity contribution >= 4 is 23.6 Å². The molecule has 0 aromatic heterocycles. The maximum atomic E-state index is 12.6. The van der Waals surface area contributed by atoms with Gasteiger partial charge in [-0.3, -0.25) is 9.59 Å². The van der Waals surface area contributed by atoms with Crippen LogP contribution in [0.3, 0.4) is 0 Å². The molecule has 5 nitrogen and oxygen atoms in total. The number of nitrogens with zero attached hydrogens (tertiary/aromatic N) is 1. The molecule has 132 valence electrons. The fourth-order valence-electron chi connectivity index (χ4n) is 2.97. The number of para-hydroxylation sites is 1. The Morgan fingerprint density at radius 1 is 1.42 bits per heavy atom. The van der Waals surface area contributed by atoms with Crippen molar-refractivity contribution < 1.29 is 14.3 Å². The molecule has 2 unspecified atom stereocenters. The Morgan fingerprint density at radius 3 is 2.75 bits per heavy atom. The fraction of sp³-hybridized carbons (Fsp3) is 0.556. The van der Waals surface area contributed by atoms with Crippen LogP contribution in [-0.2, 0) is 9.59 Å². The van der Waals surface area contributed by atoms with Crippen LogP contribution >= 0.6 is 11.8 Å². The average molecular weight is 350 g/mol. The summed E-state index contributed by atoms with van der Waals surface area (Å²) in [6.45, 7) is 6.58. The lowest BCUT2D eigenvalue weighted by Crippen LogP contribution is -2.49. The second-order valence-corrected chi connectivity index (χ2v) is 7.31. The number of amides is 2. The van der Waals surface area contributed by atoms with Crippen LogP contribution in [0.2, 0.25) is 0 Å². The van der Waals surface area contributed by atoms with E-state index in [1.807, 2.05) is 31.2 Å². The van der Waals surface area contributed by atoms with Crippen LogP contribution in [0.15, 0.2) is 24.3 Å². The number of likely N-dealkylation sites (N-methyl/N-ethyl adjacent to an activating group) is 1. The lowest BCUT2D eigenvalue weighted by atomic mass is 10.0. The Hall–Kier alpha value is -1.69. The van der Waals surface area contributed by atoms with Crippen LogP contribution in [0, 0.1) is 5.92 Å². The highest BCUT2D eigenvalue weighted by molar-refractivity contribution is 8.00. The quantitative estimate of drug-likeness (QED) is 0.821. The topological polar surface area (TPSA) is 58.6 Å². The van der Waals surface area contributed by atoms with Gasteiger partial charge < -0.3 is 15.0 Å². The molecule has 1 aromatic carbocycles. The molecule has 1 aromatic rings. The summed E-state index contributed by atoms with van der Waals surface area (Å²) in [6.07, 6.45) is 0.643. The molecule has 0 spiro atoms. The number of thioether (sulfide) groups is 1. The second-order valence-electron chi connectivity index (χ2n) is 6.25. The molecule has 0 saturated carbocycles. The number of hydrogen-bond acceptors (Lipinski definition) is 4. The van der Waals surface area contributed by atoms with Crippen LogP contribution < -0.4 is 10.1 Å². The molecule has 24 heavy (non-hydrogen) atoms. The monoisotopic (exact) mass is 350 g/mol. The number of carbonyl (C=O) groups excluding carboxylic acids is 2. The van der Waals surface area contributed by atoms with Gasteiger partial charge in [-0.05, 0) is 25.3 Å². The number of nitrogens with one attached hydrogen (secondary N) is 1. The van der Waals surface area contributed by atoms with Gasteiger partial charge in [0, 0.05) is 12.1 Å². The van der Waals surface area contributed by atoms with E-state index >= 15 is 0 Å². The van der Waals surface area contributed by atoms with Crippen molar-refractivity contribution in [3.8, 4) is 5.75 Å². The number of methoxy groups -OCH3 is 1. The SMILES string of the molecule is CCNC(=O)C(CC(C)C)N1C(=O)CSC1c1ccccc1OC. The van der Waals surface area contributed by atoms with E-state index in [4.69, 9.17) is 4.74 Å². The summed E-state index contributed by atoms with van der Waals surface area (Å²) in [5, 5.41) is 2.68. The van der Waals surface area contributed by atoms with Gasteiger partial charge in [0.15, 0.2) is 0 Å². The molecule has 2 amide bonds. The first-order valence-electron chi connectivity index (χ1n) is 8.33. The average Bonchev–Trinajstić information content (AvgIpc) is 2.93. The Balaban J connectivity index is 2.38. The molecule has 1 fully saturated rings. The summed E-state index contributed by atoms with van der Waals surface area (Å²) in [7, 11) is 1.63. The first kappa shape index (κ1) is 18.6. The van der Waals surface area contributed by atoms with Gasteiger partial charge in [0.05, 0.1) is 12.9 Å². The molecule has 0 radical (unpaired) electrons. The zero-order valence-electron chi connectivity index (χ0n) is 14.7. The summed E-state index contributed by atoms with van der Waals surface area (Å²) in [6, 6.07) is 7.24. The predicted molar refractivity (Wildman–Crippen MR) is 97.0 cm³/mol. The highest BCUT2D eigenvalue weighted by atomic mass is 32.2. The number of hydrogen-bond donors (Lipinski definition) is 1. The third-order valence-electron chi connectivity index (χ3n) is 3.99. The van der Waals surface area contributed by atoms with E-state index in [0.29, 0.717) is 24.6 Å². The Labute approximate surface area is 148 Å². The summed E-state index contributed by atoms with van der Waals surface area (Å²) in [5.74, 6) is 1.37. The third-order valence-corrected chi connectivity index (χ3v) is 5.20. The highest BCUT2D eigenvalue weighted by Crippen LogP contribution is 2.44.